The number of hydrogen-bond acceptors (Lipinski definition) is 6. The SMILES string of the molecule is Cc1cccc(N2CCN(c3cc(C(=O)O)c4cc(NS(C)(=O)=O)ccc4n3)CC2)c1C.Cl.Cl.Cl. The molecule has 2 aromatic carbocycles. The first-order valence-corrected chi connectivity index (χ1v) is 12.2. The lowest BCUT2D eigenvalue weighted by Gasteiger charge is -2.37. The predicted molar refractivity (Wildman–Crippen MR) is 149 cm³/mol. The molecule has 1 fully saturated rings. The van der Waals surface area contributed by atoms with Gasteiger partial charge in [-0.15, -0.1) is 37.2 Å². The molecule has 1 aliphatic rings. The van der Waals surface area contributed by atoms with E-state index >= 15 is 0 Å². The van der Waals surface area contributed by atoms with E-state index in [-0.39, 0.29) is 42.8 Å². The van der Waals surface area contributed by atoms with Gasteiger partial charge in [-0.1, -0.05) is 12.1 Å². The summed E-state index contributed by atoms with van der Waals surface area (Å²) >= 11 is 0. The van der Waals surface area contributed by atoms with Crippen LogP contribution in [0.3, 0.4) is 0 Å². The van der Waals surface area contributed by atoms with Crippen LogP contribution in [-0.4, -0.2) is 56.9 Å². The molecule has 4 rings (SSSR count). The van der Waals surface area contributed by atoms with Gasteiger partial charge in [0, 0.05) is 42.9 Å². The highest BCUT2D eigenvalue weighted by molar-refractivity contribution is 7.92. The van der Waals surface area contributed by atoms with Crippen molar-refractivity contribution < 1.29 is 18.3 Å². The molecule has 1 saturated heterocycles. The number of carboxylic acids is 1. The van der Waals surface area contributed by atoms with E-state index in [1.165, 1.54) is 22.9 Å². The van der Waals surface area contributed by atoms with Gasteiger partial charge in [-0.25, -0.2) is 18.2 Å². The molecule has 2 N–H and O–H groups in total. The van der Waals surface area contributed by atoms with E-state index in [4.69, 9.17) is 0 Å². The Hall–Kier alpha value is -2.46. The molecule has 0 radical (unpaired) electrons. The number of hydrogen-bond donors (Lipinski definition) is 2. The second kappa shape index (κ2) is 12.0. The first kappa shape index (κ1) is 30.6. The van der Waals surface area contributed by atoms with Gasteiger partial charge < -0.3 is 14.9 Å². The number of carboxylic acid groups (broad SMARTS) is 1. The summed E-state index contributed by atoms with van der Waals surface area (Å²) in [7, 11) is -3.47. The molecule has 1 aromatic heterocycles. The molecule has 0 atom stereocenters. The lowest BCUT2D eigenvalue weighted by atomic mass is 10.1. The Balaban J connectivity index is 0.00000204. The van der Waals surface area contributed by atoms with E-state index in [0.29, 0.717) is 22.4 Å². The molecular formula is C23H29Cl3N4O4S. The number of piperazine rings is 1. The van der Waals surface area contributed by atoms with Gasteiger partial charge in [0.1, 0.15) is 5.82 Å². The topological polar surface area (TPSA) is 103 Å². The summed E-state index contributed by atoms with van der Waals surface area (Å²) in [6.45, 7) is 7.30. The van der Waals surface area contributed by atoms with Crippen LogP contribution in [0, 0.1) is 13.8 Å². The summed E-state index contributed by atoms with van der Waals surface area (Å²) in [5, 5.41) is 10.2. The zero-order valence-corrected chi connectivity index (χ0v) is 22.8. The molecule has 0 saturated carbocycles. The molecule has 0 unspecified atom stereocenters. The van der Waals surface area contributed by atoms with Gasteiger partial charge >= 0.3 is 5.97 Å². The van der Waals surface area contributed by atoms with Crippen LogP contribution in [0.15, 0.2) is 42.5 Å². The average molecular weight is 564 g/mol. The van der Waals surface area contributed by atoms with E-state index in [2.05, 4.69) is 51.6 Å². The Bertz CT molecular complexity index is 1310. The number of anilines is 3. The first-order valence-electron chi connectivity index (χ1n) is 10.3. The van der Waals surface area contributed by atoms with Crippen LogP contribution in [0.5, 0.6) is 0 Å². The Labute approximate surface area is 224 Å². The quantitative estimate of drug-likeness (QED) is 0.471. The van der Waals surface area contributed by atoms with Crippen molar-refractivity contribution in [3.63, 3.8) is 0 Å². The smallest absolute Gasteiger partial charge is 0.336 e. The number of sulfonamides is 1. The molecule has 8 nitrogen and oxygen atoms in total. The highest BCUT2D eigenvalue weighted by Crippen LogP contribution is 2.29. The van der Waals surface area contributed by atoms with Crippen LogP contribution >= 0.6 is 37.2 Å². The number of halogens is 3. The van der Waals surface area contributed by atoms with Crippen LogP contribution in [0.1, 0.15) is 21.5 Å². The third-order valence-electron chi connectivity index (χ3n) is 5.85. The summed E-state index contributed by atoms with van der Waals surface area (Å²) in [4.78, 5) is 21.1. The van der Waals surface area contributed by atoms with Crippen molar-refractivity contribution >= 4 is 81.3 Å². The number of pyridine rings is 1. The molecule has 1 aliphatic heterocycles. The van der Waals surface area contributed by atoms with Crippen molar-refractivity contribution in [3.8, 4) is 0 Å². The molecule has 0 spiro atoms. The van der Waals surface area contributed by atoms with Crippen molar-refractivity contribution in [3.05, 3.63) is 59.2 Å². The number of benzene rings is 2. The second-order valence-electron chi connectivity index (χ2n) is 8.13. The summed E-state index contributed by atoms with van der Waals surface area (Å²) in [5.74, 6) is -0.469. The standard InChI is InChI=1S/C23H26N4O4S.3ClH/c1-15-5-4-6-21(16(15)2)26-9-11-27(12-10-26)22-14-19(23(28)29)18-13-17(25-32(3,30)31)7-8-20(18)24-22;;;/h4-8,13-14,25H,9-12H2,1-3H3,(H,28,29);3*1H. The average Bonchev–Trinajstić information content (AvgIpc) is 2.74. The summed E-state index contributed by atoms with van der Waals surface area (Å²) < 4.78 is 25.4. The Morgan fingerprint density at radius 2 is 1.60 bits per heavy atom. The van der Waals surface area contributed by atoms with Gasteiger partial charge in [0.15, 0.2) is 0 Å². The third kappa shape index (κ3) is 6.82. The Morgan fingerprint density at radius 3 is 2.20 bits per heavy atom. The van der Waals surface area contributed by atoms with Gasteiger partial charge in [0.05, 0.1) is 17.3 Å². The fourth-order valence-electron chi connectivity index (χ4n) is 4.08. The van der Waals surface area contributed by atoms with Crippen molar-refractivity contribution in [1.82, 2.24) is 4.98 Å². The Morgan fingerprint density at radius 1 is 0.971 bits per heavy atom. The van der Waals surface area contributed by atoms with Crippen molar-refractivity contribution in [1.29, 1.82) is 0 Å². The Kier molecular flexibility index (Phi) is 10.5. The van der Waals surface area contributed by atoms with Crippen LogP contribution in [-0.2, 0) is 10.0 Å². The number of aromatic carboxylic acids is 1. The molecular weight excluding hydrogens is 535 g/mol. The van der Waals surface area contributed by atoms with Crippen LogP contribution in [0.25, 0.3) is 10.9 Å². The number of nitrogens with zero attached hydrogens (tertiary/aromatic N) is 3. The van der Waals surface area contributed by atoms with E-state index in [1.54, 1.807) is 18.2 Å². The van der Waals surface area contributed by atoms with Gasteiger partial charge in [0.2, 0.25) is 10.0 Å². The highest BCUT2D eigenvalue weighted by atomic mass is 35.5. The largest absolute Gasteiger partial charge is 0.478 e. The van der Waals surface area contributed by atoms with E-state index in [0.717, 1.165) is 32.4 Å². The molecule has 35 heavy (non-hydrogen) atoms. The third-order valence-corrected chi connectivity index (χ3v) is 6.46. The summed E-state index contributed by atoms with van der Waals surface area (Å²) in [6, 6.07) is 12.6. The molecule has 0 bridgehead atoms. The maximum atomic E-state index is 12.0. The number of fused-ring (bicyclic) bond motifs is 1. The van der Waals surface area contributed by atoms with E-state index < -0.39 is 16.0 Å². The van der Waals surface area contributed by atoms with Crippen molar-refractivity contribution in [2.75, 3.05) is 47.0 Å². The minimum Gasteiger partial charge on any atom is -0.478 e. The molecule has 192 valence electrons. The summed E-state index contributed by atoms with van der Waals surface area (Å²) in [6.07, 6.45) is 1.05. The van der Waals surface area contributed by atoms with E-state index in [1.807, 2.05) is 0 Å². The van der Waals surface area contributed by atoms with Crippen LogP contribution in [0.2, 0.25) is 0 Å². The van der Waals surface area contributed by atoms with Crippen molar-refractivity contribution in [2.24, 2.45) is 0 Å². The number of aromatic nitrogens is 1. The lowest BCUT2D eigenvalue weighted by molar-refractivity contribution is 0.0699. The van der Waals surface area contributed by atoms with Crippen LogP contribution in [0.4, 0.5) is 17.2 Å². The number of rotatable bonds is 5. The number of aryl methyl sites for hydroxylation is 1. The fraction of sp³-hybridized carbons (Fsp3) is 0.304. The summed E-state index contributed by atoms with van der Waals surface area (Å²) in [5.41, 5.74) is 4.68. The normalized spacial score (nSPS) is 13.3. The molecule has 12 heteroatoms. The monoisotopic (exact) mass is 562 g/mol. The molecule has 2 heterocycles. The molecule has 3 aromatic rings. The number of carbonyl (C=O) groups is 1. The lowest BCUT2D eigenvalue weighted by Crippen LogP contribution is -2.47. The zero-order valence-electron chi connectivity index (χ0n) is 19.5. The van der Waals surface area contributed by atoms with Crippen LogP contribution < -0.4 is 14.5 Å². The zero-order chi connectivity index (χ0) is 23.0. The molecule has 0 aliphatic carbocycles. The first-order chi connectivity index (χ1) is 15.1. The van der Waals surface area contributed by atoms with Gasteiger partial charge in [-0.2, -0.15) is 0 Å². The van der Waals surface area contributed by atoms with Gasteiger partial charge in [-0.3, -0.25) is 4.72 Å². The number of nitrogens with one attached hydrogen (secondary N) is 1. The predicted octanol–water partition coefficient (Wildman–Crippen LogP) is 4.51. The highest BCUT2D eigenvalue weighted by Gasteiger charge is 2.22. The maximum absolute atomic E-state index is 12.0. The second-order valence-corrected chi connectivity index (χ2v) is 9.88. The van der Waals surface area contributed by atoms with Crippen molar-refractivity contribution in [2.45, 2.75) is 13.8 Å². The van der Waals surface area contributed by atoms with Gasteiger partial charge in [0.25, 0.3) is 0 Å². The van der Waals surface area contributed by atoms with Gasteiger partial charge in [-0.05, 0) is 55.3 Å². The fourth-order valence-corrected chi connectivity index (χ4v) is 4.64. The minimum absolute atomic E-state index is 0. The molecule has 0 amide bonds. The minimum atomic E-state index is -3.47. The maximum Gasteiger partial charge on any atom is 0.336 e. The van der Waals surface area contributed by atoms with E-state index in [9.17, 15) is 18.3 Å².